The van der Waals surface area contributed by atoms with Crippen molar-refractivity contribution in [3.63, 3.8) is 0 Å². The van der Waals surface area contributed by atoms with Crippen molar-refractivity contribution >= 4 is 38.8 Å². The summed E-state index contributed by atoms with van der Waals surface area (Å²) in [6.07, 6.45) is 5.22. The Morgan fingerprint density at radius 1 is 1.15 bits per heavy atom. The number of nitrogens with zero attached hydrogens (tertiary/aromatic N) is 2. The molecule has 6 rings (SSSR count). The molecule has 9 nitrogen and oxygen atoms in total. The molecular weight excluding hydrogens is 524 g/mol. The Hall–Kier alpha value is -3.83. The first-order chi connectivity index (χ1) is 19.2. The number of benzene rings is 2. The molecule has 2 aromatic carbocycles. The number of thiophene rings is 1. The first kappa shape index (κ1) is 26.4. The molecule has 1 aliphatic heterocycles. The van der Waals surface area contributed by atoms with Gasteiger partial charge in [-0.25, -0.2) is 0 Å². The van der Waals surface area contributed by atoms with Gasteiger partial charge in [-0.05, 0) is 80.4 Å². The Morgan fingerprint density at radius 3 is 2.62 bits per heavy atom. The number of likely N-dealkylation sites (N-methyl/N-ethyl adjacent to an activating group) is 1. The topological polar surface area (TPSA) is 150 Å². The number of nitrogen functional groups attached to an aromatic ring is 1. The van der Waals surface area contributed by atoms with Crippen molar-refractivity contribution in [3.05, 3.63) is 82.0 Å². The minimum Gasteiger partial charge on any atom is -0.457 e. The van der Waals surface area contributed by atoms with Gasteiger partial charge in [-0.15, -0.1) is 11.3 Å². The van der Waals surface area contributed by atoms with E-state index in [0.717, 1.165) is 31.5 Å². The molecule has 206 valence electrons. The third kappa shape index (κ3) is 4.24. The molecule has 4 aromatic rings. The van der Waals surface area contributed by atoms with Crippen LogP contribution in [0.1, 0.15) is 50.8 Å². The number of rotatable bonds is 5. The van der Waals surface area contributed by atoms with Crippen molar-refractivity contribution in [2.45, 2.75) is 37.4 Å². The molecule has 10 heteroatoms. The lowest BCUT2D eigenvalue weighted by Crippen LogP contribution is -2.53. The molecule has 1 aliphatic carbocycles. The standard InChI is InChI=1S/C30H32N6O3S/c1-16-14-19(39-18-9-11-34-12-10-18)5-6-20(16)30(33)21-7-8-22(31)26-23(21)24(25(32)28(30)37)27(40-26)29(38)35-17-4-3-13-36(2)15-17/h5-12,14,17,25H,3-4,13,15,31-33H2,1-2H3,(H,35,38). The molecule has 3 atom stereocenters. The summed E-state index contributed by atoms with van der Waals surface area (Å²) in [6, 6.07) is 11.4. The van der Waals surface area contributed by atoms with Crippen LogP contribution >= 0.6 is 11.3 Å². The van der Waals surface area contributed by atoms with E-state index in [-0.39, 0.29) is 17.7 Å². The van der Waals surface area contributed by atoms with Crippen LogP contribution in [0.25, 0.3) is 10.1 Å². The van der Waals surface area contributed by atoms with Crippen molar-refractivity contribution < 1.29 is 14.3 Å². The Kier molecular flexibility index (Phi) is 6.58. The number of amides is 1. The Balaban J connectivity index is 1.43. The molecule has 0 bridgehead atoms. The predicted molar refractivity (Wildman–Crippen MR) is 157 cm³/mol. The molecule has 1 fully saturated rings. The molecule has 0 radical (unpaired) electrons. The lowest BCUT2D eigenvalue weighted by atomic mass is 9.69. The average molecular weight is 557 g/mol. The number of nitrogens with two attached hydrogens (primary N) is 3. The van der Waals surface area contributed by atoms with E-state index in [9.17, 15) is 9.59 Å². The van der Waals surface area contributed by atoms with Gasteiger partial charge in [0.05, 0.1) is 15.6 Å². The molecule has 1 saturated heterocycles. The summed E-state index contributed by atoms with van der Waals surface area (Å²) in [7, 11) is 2.05. The number of likely N-dealkylation sites (tertiary alicyclic amines) is 1. The number of aryl methyl sites for hydroxylation is 1. The van der Waals surface area contributed by atoms with Crippen molar-refractivity contribution in [1.82, 2.24) is 15.2 Å². The summed E-state index contributed by atoms with van der Waals surface area (Å²) in [5.41, 5.74) is 21.6. The molecule has 2 aliphatic rings. The number of hydrogen-bond acceptors (Lipinski definition) is 9. The fraction of sp³-hybridized carbons (Fsp3) is 0.300. The number of anilines is 1. The summed E-state index contributed by atoms with van der Waals surface area (Å²) >= 11 is 1.27. The van der Waals surface area contributed by atoms with E-state index in [4.69, 9.17) is 21.9 Å². The van der Waals surface area contributed by atoms with Crippen molar-refractivity contribution in [2.24, 2.45) is 11.5 Å². The van der Waals surface area contributed by atoms with E-state index in [1.165, 1.54) is 11.3 Å². The van der Waals surface area contributed by atoms with Crippen LogP contribution in [0.4, 0.5) is 5.69 Å². The summed E-state index contributed by atoms with van der Waals surface area (Å²) < 4.78 is 6.67. The molecular formula is C30H32N6O3S. The molecule has 40 heavy (non-hydrogen) atoms. The number of aromatic nitrogens is 1. The van der Waals surface area contributed by atoms with Crippen LogP contribution in [0.3, 0.4) is 0 Å². The highest BCUT2D eigenvalue weighted by molar-refractivity contribution is 7.21. The summed E-state index contributed by atoms with van der Waals surface area (Å²) in [6.45, 7) is 3.67. The maximum Gasteiger partial charge on any atom is 0.262 e. The molecule has 0 saturated carbocycles. The number of ketones is 1. The number of Topliss-reactive ketones (excluding diaryl/α,β-unsaturated/α-hetero) is 1. The molecule has 7 N–H and O–H groups in total. The van der Waals surface area contributed by atoms with Gasteiger partial charge in [-0.1, -0.05) is 12.1 Å². The van der Waals surface area contributed by atoms with E-state index in [0.29, 0.717) is 48.8 Å². The van der Waals surface area contributed by atoms with Gasteiger partial charge in [0, 0.05) is 41.6 Å². The third-order valence-corrected chi connectivity index (χ3v) is 9.24. The van der Waals surface area contributed by atoms with E-state index >= 15 is 0 Å². The lowest BCUT2D eigenvalue weighted by molar-refractivity contribution is -0.124. The lowest BCUT2D eigenvalue weighted by Gasteiger charge is -2.37. The van der Waals surface area contributed by atoms with Crippen LogP contribution in [-0.2, 0) is 10.3 Å². The van der Waals surface area contributed by atoms with Crippen molar-refractivity contribution in [1.29, 1.82) is 0 Å². The smallest absolute Gasteiger partial charge is 0.262 e. The summed E-state index contributed by atoms with van der Waals surface area (Å²) in [5, 5.41) is 3.86. The number of pyridine rings is 1. The highest BCUT2D eigenvalue weighted by Gasteiger charge is 2.49. The van der Waals surface area contributed by atoms with Gasteiger partial charge < -0.3 is 32.2 Å². The molecule has 3 heterocycles. The zero-order chi connectivity index (χ0) is 28.2. The number of nitrogens with one attached hydrogen (secondary N) is 1. The highest BCUT2D eigenvalue weighted by Crippen LogP contribution is 2.50. The third-order valence-electron chi connectivity index (χ3n) is 7.99. The van der Waals surface area contributed by atoms with Gasteiger partial charge in [0.2, 0.25) is 0 Å². The first-order valence-corrected chi connectivity index (χ1v) is 14.1. The van der Waals surface area contributed by atoms with Gasteiger partial charge in [0.1, 0.15) is 17.0 Å². The fourth-order valence-corrected chi connectivity index (χ4v) is 7.25. The van der Waals surface area contributed by atoms with Crippen LogP contribution in [0.5, 0.6) is 11.5 Å². The second kappa shape index (κ2) is 9.97. The minimum atomic E-state index is -1.53. The monoisotopic (exact) mass is 556 g/mol. The van der Waals surface area contributed by atoms with Crippen LogP contribution in [0.15, 0.2) is 54.9 Å². The highest BCUT2D eigenvalue weighted by atomic mass is 32.1. The predicted octanol–water partition coefficient (Wildman–Crippen LogP) is 3.59. The SMILES string of the molecule is Cc1cc(Oc2ccncc2)ccc1C1(N)C(=O)C(N)c2c(C(=O)NC3CCCN(C)C3)sc3c(N)ccc1c23. The molecule has 1 amide bonds. The van der Waals surface area contributed by atoms with Crippen LogP contribution in [0.2, 0.25) is 0 Å². The minimum absolute atomic E-state index is 0.0279. The quantitative estimate of drug-likeness (QED) is 0.273. The second-order valence-electron chi connectivity index (χ2n) is 10.7. The van der Waals surface area contributed by atoms with Crippen LogP contribution in [0, 0.1) is 6.92 Å². The van der Waals surface area contributed by atoms with E-state index in [2.05, 4.69) is 15.2 Å². The molecule has 3 unspecified atom stereocenters. The second-order valence-corrected chi connectivity index (χ2v) is 11.8. The zero-order valence-electron chi connectivity index (χ0n) is 22.4. The number of carbonyl (C=O) groups is 2. The van der Waals surface area contributed by atoms with Gasteiger partial charge in [-0.3, -0.25) is 14.6 Å². The number of piperidine rings is 1. The van der Waals surface area contributed by atoms with Gasteiger partial charge >= 0.3 is 0 Å². The Labute approximate surface area is 236 Å². The van der Waals surface area contributed by atoms with Gasteiger partial charge in [0.25, 0.3) is 5.91 Å². The van der Waals surface area contributed by atoms with Crippen LogP contribution in [-0.4, -0.2) is 47.8 Å². The van der Waals surface area contributed by atoms with E-state index in [1.807, 2.05) is 26.1 Å². The number of carbonyl (C=O) groups excluding carboxylic acids is 2. The molecule has 2 aromatic heterocycles. The maximum absolute atomic E-state index is 14.1. The number of ether oxygens (including phenoxy) is 1. The largest absolute Gasteiger partial charge is 0.457 e. The molecule has 0 spiro atoms. The van der Waals surface area contributed by atoms with Crippen molar-refractivity contribution in [3.8, 4) is 11.5 Å². The number of hydrogen-bond donors (Lipinski definition) is 4. The van der Waals surface area contributed by atoms with Crippen LogP contribution < -0.4 is 27.3 Å². The maximum atomic E-state index is 14.1. The zero-order valence-corrected chi connectivity index (χ0v) is 23.3. The van der Waals surface area contributed by atoms with Gasteiger partial charge in [-0.2, -0.15) is 0 Å². The fourth-order valence-electron chi connectivity index (χ4n) is 6.05. The first-order valence-electron chi connectivity index (χ1n) is 13.3. The van der Waals surface area contributed by atoms with Gasteiger partial charge in [0.15, 0.2) is 5.78 Å². The normalized spacial score (nSPS) is 22.9. The summed E-state index contributed by atoms with van der Waals surface area (Å²) in [4.78, 5) is 34.3. The van der Waals surface area contributed by atoms with E-state index < -0.39 is 11.6 Å². The Bertz CT molecular complexity index is 1640. The Morgan fingerprint density at radius 2 is 1.90 bits per heavy atom. The summed E-state index contributed by atoms with van der Waals surface area (Å²) in [5.74, 6) is 0.647. The van der Waals surface area contributed by atoms with Crippen molar-refractivity contribution in [2.75, 3.05) is 25.9 Å². The van der Waals surface area contributed by atoms with E-state index in [1.54, 1.807) is 42.7 Å². The average Bonchev–Trinajstić information content (AvgIpc) is 3.34.